The number of ether oxygens (including phenoxy) is 1. The van der Waals surface area contributed by atoms with E-state index in [1.807, 2.05) is 25.2 Å². The zero-order valence-corrected chi connectivity index (χ0v) is 14.0. The molecule has 0 amide bonds. The third kappa shape index (κ3) is 3.22. The first-order chi connectivity index (χ1) is 9.97. The van der Waals surface area contributed by atoms with Crippen LogP contribution in [0.15, 0.2) is 30.3 Å². The molecule has 2 aromatic rings. The number of rotatable bonds is 4. The van der Waals surface area contributed by atoms with Crippen molar-refractivity contribution in [2.45, 2.75) is 26.8 Å². The summed E-state index contributed by atoms with van der Waals surface area (Å²) in [7, 11) is 3.65. The monoisotopic (exact) mass is 303 g/mol. The van der Waals surface area contributed by atoms with E-state index in [-0.39, 0.29) is 6.04 Å². The van der Waals surface area contributed by atoms with E-state index < -0.39 is 0 Å². The van der Waals surface area contributed by atoms with Gasteiger partial charge in [-0.1, -0.05) is 35.4 Å². The first-order valence-corrected chi connectivity index (χ1v) is 7.44. The van der Waals surface area contributed by atoms with Crippen LogP contribution in [0.5, 0.6) is 5.75 Å². The maximum Gasteiger partial charge on any atom is 0.125 e. The third-order valence-electron chi connectivity index (χ3n) is 3.82. The molecule has 0 bridgehead atoms. The lowest BCUT2D eigenvalue weighted by atomic mass is 9.89. The molecule has 2 rings (SSSR count). The van der Waals surface area contributed by atoms with Crippen molar-refractivity contribution >= 4 is 11.6 Å². The number of halogens is 1. The molecule has 0 saturated heterocycles. The van der Waals surface area contributed by atoms with Crippen LogP contribution < -0.4 is 10.1 Å². The van der Waals surface area contributed by atoms with Gasteiger partial charge in [0.2, 0.25) is 0 Å². The molecule has 2 aromatic carbocycles. The molecular formula is C18H22ClNO. The molecule has 3 heteroatoms. The average Bonchev–Trinajstić information content (AvgIpc) is 2.43. The molecule has 21 heavy (non-hydrogen) atoms. The summed E-state index contributed by atoms with van der Waals surface area (Å²) < 4.78 is 5.51. The van der Waals surface area contributed by atoms with E-state index in [0.717, 1.165) is 11.3 Å². The van der Waals surface area contributed by atoms with Crippen molar-refractivity contribution in [3.63, 3.8) is 0 Å². The van der Waals surface area contributed by atoms with E-state index in [9.17, 15) is 0 Å². The van der Waals surface area contributed by atoms with Gasteiger partial charge in [0.25, 0.3) is 0 Å². The molecule has 0 aliphatic carbocycles. The highest BCUT2D eigenvalue weighted by atomic mass is 35.5. The fourth-order valence-electron chi connectivity index (χ4n) is 3.03. The molecule has 0 aliphatic rings. The van der Waals surface area contributed by atoms with Crippen molar-refractivity contribution < 1.29 is 4.74 Å². The van der Waals surface area contributed by atoms with Crippen molar-refractivity contribution in [2.75, 3.05) is 14.2 Å². The van der Waals surface area contributed by atoms with Crippen LogP contribution in [0.4, 0.5) is 0 Å². The Morgan fingerprint density at radius 2 is 1.67 bits per heavy atom. The van der Waals surface area contributed by atoms with E-state index >= 15 is 0 Å². The Bertz CT molecular complexity index is 629. The second-order valence-corrected chi connectivity index (χ2v) is 5.86. The van der Waals surface area contributed by atoms with Crippen molar-refractivity contribution in [3.8, 4) is 5.75 Å². The van der Waals surface area contributed by atoms with Crippen molar-refractivity contribution in [1.82, 2.24) is 5.32 Å². The third-order valence-corrected chi connectivity index (χ3v) is 4.06. The van der Waals surface area contributed by atoms with Crippen LogP contribution in [0, 0.1) is 20.8 Å². The van der Waals surface area contributed by atoms with Crippen LogP contribution in [-0.2, 0) is 0 Å². The Kier molecular flexibility index (Phi) is 4.92. The van der Waals surface area contributed by atoms with Gasteiger partial charge in [-0.25, -0.2) is 0 Å². The van der Waals surface area contributed by atoms with Gasteiger partial charge in [0.1, 0.15) is 5.75 Å². The Morgan fingerprint density at radius 3 is 2.19 bits per heavy atom. The van der Waals surface area contributed by atoms with E-state index in [1.165, 1.54) is 22.3 Å². The zero-order valence-electron chi connectivity index (χ0n) is 13.3. The Hall–Kier alpha value is -1.51. The van der Waals surface area contributed by atoms with Gasteiger partial charge >= 0.3 is 0 Å². The number of hydrogen-bond donors (Lipinski definition) is 1. The van der Waals surface area contributed by atoms with Crippen molar-refractivity contribution in [3.05, 3.63) is 63.2 Å². The molecular weight excluding hydrogens is 282 g/mol. The van der Waals surface area contributed by atoms with Gasteiger partial charge in [-0.05, 0) is 56.6 Å². The van der Waals surface area contributed by atoms with Crippen LogP contribution in [0.2, 0.25) is 5.02 Å². The van der Waals surface area contributed by atoms with E-state index in [0.29, 0.717) is 5.02 Å². The maximum absolute atomic E-state index is 6.07. The molecule has 0 heterocycles. The zero-order chi connectivity index (χ0) is 15.6. The molecule has 1 atom stereocenters. The van der Waals surface area contributed by atoms with Crippen LogP contribution >= 0.6 is 11.6 Å². The number of hydrogen-bond acceptors (Lipinski definition) is 2. The van der Waals surface area contributed by atoms with E-state index in [1.54, 1.807) is 7.11 Å². The predicted molar refractivity (Wildman–Crippen MR) is 89.6 cm³/mol. The summed E-state index contributed by atoms with van der Waals surface area (Å²) in [6.45, 7) is 6.44. The van der Waals surface area contributed by atoms with Crippen LogP contribution in [0.1, 0.15) is 33.9 Å². The van der Waals surface area contributed by atoms with Crippen LogP contribution in [0.25, 0.3) is 0 Å². The fourth-order valence-corrected chi connectivity index (χ4v) is 3.19. The molecule has 112 valence electrons. The van der Waals surface area contributed by atoms with Gasteiger partial charge in [0.05, 0.1) is 13.2 Å². The highest BCUT2D eigenvalue weighted by molar-refractivity contribution is 6.30. The first kappa shape index (κ1) is 15.9. The number of nitrogens with one attached hydrogen (secondary N) is 1. The molecule has 0 saturated carbocycles. The summed E-state index contributed by atoms with van der Waals surface area (Å²) in [5, 5.41) is 4.09. The summed E-state index contributed by atoms with van der Waals surface area (Å²) in [6.07, 6.45) is 0. The normalized spacial score (nSPS) is 12.3. The Labute approximate surface area is 132 Å². The second kappa shape index (κ2) is 6.50. The van der Waals surface area contributed by atoms with Gasteiger partial charge in [0, 0.05) is 10.6 Å². The summed E-state index contributed by atoms with van der Waals surface area (Å²) in [5.41, 5.74) is 6.24. The molecule has 1 N–H and O–H groups in total. The lowest BCUT2D eigenvalue weighted by Gasteiger charge is -2.24. The van der Waals surface area contributed by atoms with E-state index in [2.05, 4.69) is 38.2 Å². The average molecular weight is 304 g/mol. The molecule has 0 aliphatic heterocycles. The minimum atomic E-state index is 0.0813. The molecule has 0 fully saturated rings. The number of methoxy groups -OCH3 is 1. The Balaban J connectivity index is 2.60. The largest absolute Gasteiger partial charge is 0.496 e. The molecule has 0 aromatic heterocycles. The summed E-state index contributed by atoms with van der Waals surface area (Å²) in [6, 6.07) is 10.3. The minimum absolute atomic E-state index is 0.0813. The molecule has 1 unspecified atom stereocenters. The topological polar surface area (TPSA) is 21.3 Å². The maximum atomic E-state index is 6.07. The summed E-state index contributed by atoms with van der Waals surface area (Å²) in [4.78, 5) is 0. The summed E-state index contributed by atoms with van der Waals surface area (Å²) >= 11 is 6.07. The smallest absolute Gasteiger partial charge is 0.125 e. The van der Waals surface area contributed by atoms with Gasteiger partial charge < -0.3 is 10.1 Å². The lowest BCUT2D eigenvalue weighted by Crippen LogP contribution is -2.20. The number of aryl methyl sites for hydroxylation is 3. The van der Waals surface area contributed by atoms with Gasteiger partial charge in [-0.15, -0.1) is 0 Å². The quantitative estimate of drug-likeness (QED) is 0.892. The molecule has 0 spiro atoms. The van der Waals surface area contributed by atoms with Crippen molar-refractivity contribution in [1.29, 1.82) is 0 Å². The van der Waals surface area contributed by atoms with Crippen LogP contribution in [0.3, 0.4) is 0 Å². The Morgan fingerprint density at radius 1 is 1.05 bits per heavy atom. The lowest BCUT2D eigenvalue weighted by molar-refractivity contribution is 0.405. The predicted octanol–water partition coefficient (Wildman–Crippen LogP) is 4.58. The first-order valence-electron chi connectivity index (χ1n) is 7.06. The minimum Gasteiger partial charge on any atom is -0.496 e. The highest BCUT2D eigenvalue weighted by Crippen LogP contribution is 2.35. The van der Waals surface area contributed by atoms with Gasteiger partial charge in [0.15, 0.2) is 0 Å². The fraction of sp³-hybridized carbons (Fsp3) is 0.333. The van der Waals surface area contributed by atoms with Gasteiger partial charge in [-0.2, -0.15) is 0 Å². The molecule has 2 nitrogen and oxygen atoms in total. The SMILES string of the molecule is CNC(c1ccc(Cl)cc1OC)c1c(C)cc(C)cc1C. The summed E-state index contributed by atoms with van der Waals surface area (Å²) in [5.74, 6) is 0.807. The highest BCUT2D eigenvalue weighted by Gasteiger charge is 2.20. The van der Waals surface area contributed by atoms with Crippen LogP contribution in [-0.4, -0.2) is 14.2 Å². The van der Waals surface area contributed by atoms with Gasteiger partial charge in [-0.3, -0.25) is 0 Å². The van der Waals surface area contributed by atoms with E-state index in [4.69, 9.17) is 16.3 Å². The molecule has 0 radical (unpaired) electrons. The van der Waals surface area contributed by atoms with Crippen molar-refractivity contribution in [2.24, 2.45) is 0 Å². The number of benzene rings is 2. The second-order valence-electron chi connectivity index (χ2n) is 5.42. The standard InChI is InChI=1S/C18H22ClNO/c1-11-8-12(2)17(13(3)9-11)18(20-4)15-7-6-14(19)10-16(15)21-5/h6-10,18,20H,1-5H3.